The Morgan fingerprint density at radius 3 is 2.20 bits per heavy atom. The number of Topliss-reactive ketones (excluding diaryl/α,β-unsaturated/α-hetero) is 1. The number of aliphatic carboxylic acids is 2. The lowest BCUT2D eigenvalue weighted by Crippen LogP contribution is -2.72. The van der Waals surface area contributed by atoms with Gasteiger partial charge in [0.05, 0.1) is 6.10 Å². The first kappa shape index (κ1) is 35.4. The molecule has 0 aromatic heterocycles. The molecule has 254 valence electrons. The monoisotopic (exact) mass is 648 g/mol. The summed E-state index contributed by atoms with van der Waals surface area (Å²) in [5.74, 6) is -8.28. The van der Waals surface area contributed by atoms with Crippen LogP contribution in [0.1, 0.15) is 91.9 Å². The fraction of sp³-hybridized carbons (Fsp3) is 0.706. The van der Waals surface area contributed by atoms with Crippen LogP contribution in [0.4, 0.5) is 4.39 Å². The molecule has 0 heterocycles. The second kappa shape index (κ2) is 13.0. The van der Waals surface area contributed by atoms with Crippen LogP contribution in [-0.2, 0) is 38.2 Å². The van der Waals surface area contributed by atoms with Crippen molar-refractivity contribution in [3.8, 4) is 0 Å². The highest BCUT2D eigenvalue weighted by Gasteiger charge is 2.80. The van der Waals surface area contributed by atoms with Crippen LogP contribution in [0.15, 0.2) is 23.8 Å². The van der Waals surface area contributed by atoms with Gasteiger partial charge in [-0.3, -0.25) is 28.8 Å². The molecule has 3 N–H and O–H groups in total. The van der Waals surface area contributed by atoms with Crippen LogP contribution in [0.2, 0.25) is 0 Å². The average Bonchev–Trinajstić information content (AvgIpc) is 3.24. The van der Waals surface area contributed by atoms with Crippen molar-refractivity contribution in [3.63, 3.8) is 0 Å². The lowest BCUT2D eigenvalue weighted by molar-refractivity contribution is -0.247. The van der Waals surface area contributed by atoms with Crippen molar-refractivity contribution >= 4 is 35.4 Å². The van der Waals surface area contributed by atoms with Gasteiger partial charge in [0.2, 0.25) is 5.78 Å². The summed E-state index contributed by atoms with van der Waals surface area (Å²) in [7, 11) is 0. The van der Waals surface area contributed by atoms with Crippen LogP contribution in [0.3, 0.4) is 0 Å². The van der Waals surface area contributed by atoms with Gasteiger partial charge in [0, 0.05) is 48.3 Å². The summed E-state index contributed by atoms with van der Waals surface area (Å²) < 4.78 is 29.5. The number of fused-ring (bicyclic) bond motifs is 5. The third-order valence-corrected chi connectivity index (χ3v) is 11.6. The van der Waals surface area contributed by atoms with Gasteiger partial charge in [0.1, 0.15) is 0 Å². The van der Waals surface area contributed by atoms with Crippen molar-refractivity contribution in [2.24, 2.45) is 34.5 Å². The first-order valence-electron chi connectivity index (χ1n) is 16.2. The zero-order valence-corrected chi connectivity index (χ0v) is 26.9. The molecule has 0 amide bonds. The summed E-state index contributed by atoms with van der Waals surface area (Å²) >= 11 is 0. The molecule has 3 saturated carbocycles. The highest BCUT2D eigenvalue weighted by molar-refractivity contribution is 6.01. The molecule has 3 fully saturated rings. The molecule has 0 radical (unpaired) electrons. The van der Waals surface area contributed by atoms with E-state index in [1.165, 1.54) is 25.2 Å². The second-order valence-electron chi connectivity index (χ2n) is 13.6. The Labute approximate surface area is 267 Å². The van der Waals surface area contributed by atoms with Crippen molar-refractivity contribution in [2.45, 2.75) is 109 Å². The smallest absolute Gasteiger partial charge is 0.306 e. The minimum Gasteiger partial charge on any atom is -0.481 e. The van der Waals surface area contributed by atoms with Crippen LogP contribution in [-0.4, -0.2) is 74.7 Å². The zero-order chi connectivity index (χ0) is 34.2. The van der Waals surface area contributed by atoms with Gasteiger partial charge < -0.3 is 24.8 Å². The minimum atomic E-state index is -2.32. The van der Waals surface area contributed by atoms with Crippen molar-refractivity contribution in [1.29, 1.82) is 0 Å². The SMILES string of the molecule is CCC(=O)OCC(=O)[C@@]1(OC(=O)CC)[C@@H](C)C[C@H]2[C@@H]3CCC4=CC(=O)C=C[C@]4(C)C3(F)[C@@H](O)C[C@@]21C(CCC(=O)O)CCC(=O)O. The van der Waals surface area contributed by atoms with Gasteiger partial charge in [0.15, 0.2) is 23.7 Å². The normalized spacial score (nSPS) is 36.2. The fourth-order valence-corrected chi connectivity index (χ4v) is 9.63. The number of hydrogen-bond donors (Lipinski definition) is 3. The van der Waals surface area contributed by atoms with E-state index in [9.17, 15) is 44.1 Å². The third-order valence-electron chi connectivity index (χ3n) is 11.6. The number of ether oxygens (including phenoxy) is 2. The van der Waals surface area contributed by atoms with E-state index in [0.717, 1.165) is 0 Å². The number of allylic oxidation sites excluding steroid dienone is 4. The third kappa shape index (κ3) is 5.40. The standard InChI is InChI=1S/C34H45FO11/c1-5-29(43)45-18-26(38)34(46-30(44)6-2)19(3)15-24-23-10-7-21-16-22(36)13-14-31(21,4)33(23,35)25(37)17-32(24,34)20(8-11-27(39)40)9-12-28(41)42/h13-14,16,19-20,23-25,37H,5-12,15,17-18H2,1-4H3,(H,39,40)(H,41,42)/t19-,23-,24-,25-,31-,32+,33?,34-/m0/s1. The van der Waals surface area contributed by atoms with Crippen molar-refractivity contribution in [3.05, 3.63) is 23.8 Å². The molecule has 4 aliphatic carbocycles. The van der Waals surface area contributed by atoms with Gasteiger partial charge in [0.25, 0.3) is 0 Å². The molecule has 1 unspecified atom stereocenters. The predicted octanol–water partition coefficient (Wildman–Crippen LogP) is 4.14. The quantitative estimate of drug-likeness (QED) is 0.244. The van der Waals surface area contributed by atoms with E-state index in [4.69, 9.17) is 9.47 Å². The van der Waals surface area contributed by atoms with Crippen LogP contribution < -0.4 is 0 Å². The summed E-state index contributed by atoms with van der Waals surface area (Å²) in [4.78, 5) is 76.0. The van der Waals surface area contributed by atoms with E-state index >= 15 is 4.39 Å². The zero-order valence-electron chi connectivity index (χ0n) is 26.9. The Hall–Kier alpha value is -3.41. The maximum absolute atomic E-state index is 18.1. The largest absolute Gasteiger partial charge is 0.481 e. The first-order valence-corrected chi connectivity index (χ1v) is 16.2. The molecule has 8 atom stereocenters. The number of halogens is 1. The number of aliphatic hydroxyl groups excluding tert-OH is 1. The fourth-order valence-electron chi connectivity index (χ4n) is 9.63. The van der Waals surface area contributed by atoms with Gasteiger partial charge in [-0.1, -0.05) is 32.4 Å². The molecule has 12 heteroatoms. The molecule has 0 aliphatic heterocycles. The molecule has 46 heavy (non-hydrogen) atoms. The number of aliphatic hydroxyl groups is 1. The number of carbonyl (C=O) groups is 6. The Morgan fingerprint density at radius 1 is 1.02 bits per heavy atom. The molecule has 0 aromatic rings. The Balaban J connectivity index is 2.00. The number of ketones is 2. The number of alkyl halides is 1. The van der Waals surface area contributed by atoms with Crippen molar-refractivity contribution < 1.29 is 58.0 Å². The highest BCUT2D eigenvalue weighted by atomic mass is 19.1. The first-order chi connectivity index (χ1) is 21.5. The molecular weight excluding hydrogens is 603 g/mol. The molecule has 4 aliphatic rings. The van der Waals surface area contributed by atoms with Crippen molar-refractivity contribution in [2.75, 3.05) is 6.61 Å². The highest BCUT2D eigenvalue weighted by Crippen LogP contribution is 2.74. The molecule has 4 rings (SSSR count). The maximum Gasteiger partial charge on any atom is 0.306 e. The Morgan fingerprint density at radius 2 is 1.63 bits per heavy atom. The number of carboxylic acids is 2. The van der Waals surface area contributed by atoms with E-state index in [1.807, 2.05) is 0 Å². The summed E-state index contributed by atoms with van der Waals surface area (Å²) in [5, 5.41) is 31.5. The average molecular weight is 649 g/mol. The van der Waals surface area contributed by atoms with Gasteiger partial charge in [-0.2, -0.15) is 0 Å². The Bertz CT molecular complexity index is 1340. The predicted molar refractivity (Wildman–Crippen MR) is 160 cm³/mol. The number of hydrogen-bond acceptors (Lipinski definition) is 9. The Kier molecular flexibility index (Phi) is 10.0. The van der Waals surface area contributed by atoms with Crippen molar-refractivity contribution in [1.82, 2.24) is 0 Å². The van der Waals surface area contributed by atoms with Gasteiger partial charge in [-0.05, 0) is 69.4 Å². The second-order valence-corrected chi connectivity index (χ2v) is 13.6. The number of carboxylic acid groups (broad SMARTS) is 2. The summed E-state index contributed by atoms with van der Waals surface area (Å²) in [6.45, 7) is 5.61. The number of esters is 2. The van der Waals surface area contributed by atoms with Crippen LogP contribution in [0.25, 0.3) is 0 Å². The molecule has 0 spiro atoms. The summed E-state index contributed by atoms with van der Waals surface area (Å²) in [5.41, 5.74) is -6.85. The van der Waals surface area contributed by atoms with E-state index in [2.05, 4.69) is 0 Å². The number of carbonyl (C=O) groups excluding carboxylic acids is 4. The molecule has 11 nitrogen and oxygen atoms in total. The van der Waals surface area contributed by atoms with E-state index in [0.29, 0.717) is 12.0 Å². The van der Waals surface area contributed by atoms with Gasteiger partial charge in [-0.25, -0.2) is 4.39 Å². The van der Waals surface area contributed by atoms with Crippen LogP contribution in [0, 0.1) is 34.5 Å². The number of rotatable bonds is 13. The van der Waals surface area contributed by atoms with E-state index < -0.39 is 107 Å². The summed E-state index contributed by atoms with van der Waals surface area (Å²) in [6.07, 6.45) is 1.29. The molecule has 0 bridgehead atoms. The molecular formula is C34H45FO11. The van der Waals surface area contributed by atoms with Crippen LogP contribution >= 0.6 is 0 Å². The molecule has 0 saturated heterocycles. The van der Waals surface area contributed by atoms with E-state index in [1.54, 1.807) is 20.8 Å². The molecule has 0 aromatic carbocycles. The van der Waals surface area contributed by atoms with E-state index in [-0.39, 0.29) is 44.3 Å². The lowest BCUT2D eigenvalue weighted by atomic mass is 9.41. The van der Waals surface area contributed by atoms with Gasteiger partial charge in [-0.15, -0.1) is 0 Å². The van der Waals surface area contributed by atoms with Gasteiger partial charge >= 0.3 is 23.9 Å². The summed E-state index contributed by atoms with van der Waals surface area (Å²) in [6, 6.07) is 0. The topological polar surface area (TPSA) is 182 Å². The minimum absolute atomic E-state index is 0.0339. The maximum atomic E-state index is 18.1. The lowest BCUT2D eigenvalue weighted by Gasteiger charge is -2.65. The van der Waals surface area contributed by atoms with Crippen LogP contribution in [0.5, 0.6) is 0 Å².